The van der Waals surface area contributed by atoms with Crippen molar-refractivity contribution in [2.24, 2.45) is 0 Å². The first kappa shape index (κ1) is 10.5. The second-order valence-electron chi connectivity index (χ2n) is 3.83. The fraction of sp³-hybridized carbons (Fsp3) is 0.500. The maximum atomic E-state index is 9.91. The molecule has 2 atom stereocenters. The third-order valence-electron chi connectivity index (χ3n) is 2.64. The smallest absolute Gasteiger partial charge is 0.119 e. The predicted molar refractivity (Wildman–Crippen MR) is 56.9 cm³/mol. The molecule has 0 amide bonds. The van der Waals surface area contributed by atoms with Crippen molar-refractivity contribution in [1.29, 1.82) is 0 Å². The topological polar surface area (TPSA) is 42.0 Å². The number of ether oxygens (including phenoxy) is 2. The molecule has 0 spiro atoms. The monoisotopic (exact) mass is 208 g/mol. The summed E-state index contributed by atoms with van der Waals surface area (Å²) in [5.41, 5.74) is 0.912. The van der Waals surface area contributed by atoms with Crippen LogP contribution in [-0.4, -0.2) is 24.9 Å². The summed E-state index contributed by atoms with van der Waals surface area (Å²) in [6.45, 7) is 0.852. The van der Waals surface area contributed by atoms with Gasteiger partial charge in [-0.25, -0.2) is 0 Å². The molecule has 1 saturated heterocycles. The lowest BCUT2D eigenvalue weighted by molar-refractivity contribution is 0.160. The van der Waals surface area contributed by atoms with E-state index in [1.807, 2.05) is 24.3 Å². The van der Waals surface area contributed by atoms with Gasteiger partial charge in [0.05, 0.1) is 25.9 Å². The Bertz CT molecular complexity index is 320. The Balaban J connectivity index is 1.93. The predicted octanol–water partition coefficient (Wildman–Crippen LogP) is 1.91. The van der Waals surface area contributed by atoms with Gasteiger partial charge >= 0.3 is 0 Å². The molecule has 0 saturated carbocycles. The lowest BCUT2D eigenvalue weighted by Crippen LogP contribution is -1.99. The lowest BCUT2D eigenvalue weighted by atomic mass is 10.0. The maximum Gasteiger partial charge on any atom is 0.119 e. The summed E-state index contributed by atoms with van der Waals surface area (Å²) in [5.74, 6) is 0.786. The number of hydrogen-bond donors (Lipinski definition) is 1. The summed E-state index contributed by atoms with van der Waals surface area (Å²) in [5, 5.41) is 9.91. The van der Waals surface area contributed by atoms with Crippen LogP contribution in [0.1, 0.15) is 24.5 Å². The molecule has 0 aromatic heterocycles. The fourth-order valence-corrected chi connectivity index (χ4v) is 1.59. The van der Waals surface area contributed by atoms with Gasteiger partial charge in [0.25, 0.3) is 0 Å². The quantitative estimate of drug-likeness (QED) is 0.751. The van der Waals surface area contributed by atoms with Crippen molar-refractivity contribution in [2.45, 2.75) is 25.0 Å². The minimum Gasteiger partial charge on any atom is -0.497 e. The molecule has 2 rings (SSSR count). The van der Waals surface area contributed by atoms with Gasteiger partial charge in [-0.3, -0.25) is 0 Å². The van der Waals surface area contributed by atoms with Gasteiger partial charge in [0, 0.05) is 0 Å². The Morgan fingerprint density at radius 3 is 3.07 bits per heavy atom. The molecule has 1 N–H and O–H groups in total. The Morgan fingerprint density at radius 2 is 2.40 bits per heavy atom. The van der Waals surface area contributed by atoms with E-state index in [1.165, 1.54) is 0 Å². The third kappa shape index (κ3) is 2.94. The largest absolute Gasteiger partial charge is 0.497 e. The minimum absolute atomic E-state index is 0.380. The van der Waals surface area contributed by atoms with Gasteiger partial charge in [0.2, 0.25) is 0 Å². The van der Waals surface area contributed by atoms with Crippen LogP contribution >= 0.6 is 0 Å². The van der Waals surface area contributed by atoms with Crippen molar-refractivity contribution in [1.82, 2.24) is 0 Å². The van der Waals surface area contributed by atoms with Crippen LogP contribution in [0.5, 0.6) is 5.75 Å². The summed E-state index contributed by atoms with van der Waals surface area (Å²) in [6.07, 6.45) is 1.64. The van der Waals surface area contributed by atoms with Gasteiger partial charge in [-0.15, -0.1) is 0 Å². The lowest BCUT2D eigenvalue weighted by Gasteiger charge is -2.11. The van der Waals surface area contributed by atoms with Gasteiger partial charge in [0.15, 0.2) is 0 Å². The maximum absolute atomic E-state index is 9.91. The number of aliphatic hydroxyl groups excluding tert-OH is 1. The van der Waals surface area contributed by atoms with Crippen molar-refractivity contribution in [3.63, 3.8) is 0 Å². The molecular weight excluding hydrogens is 192 g/mol. The van der Waals surface area contributed by atoms with E-state index < -0.39 is 6.10 Å². The van der Waals surface area contributed by atoms with E-state index in [0.717, 1.165) is 30.8 Å². The highest BCUT2D eigenvalue weighted by Crippen LogP contribution is 2.25. The highest BCUT2D eigenvalue weighted by atomic mass is 16.6. The first-order valence-corrected chi connectivity index (χ1v) is 5.23. The van der Waals surface area contributed by atoms with Crippen LogP contribution < -0.4 is 4.74 Å². The molecule has 0 bridgehead atoms. The molecule has 1 fully saturated rings. The molecule has 3 heteroatoms. The number of benzene rings is 1. The average molecular weight is 208 g/mol. The van der Waals surface area contributed by atoms with E-state index in [0.29, 0.717) is 6.10 Å². The van der Waals surface area contributed by atoms with E-state index in [9.17, 15) is 5.11 Å². The van der Waals surface area contributed by atoms with E-state index in [-0.39, 0.29) is 0 Å². The van der Waals surface area contributed by atoms with Crippen LogP contribution in [0.15, 0.2) is 24.3 Å². The third-order valence-corrected chi connectivity index (χ3v) is 2.64. The van der Waals surface area contributed by atoms with Crippen LogP contribution in [0.4, 0.5) is 0 Å². The number of rotatable bonds is 5. The molecule has 15 heavy (non-hydrogen) atoms. The zero-order valence-corrected chi connectivity index (χ0v) is 8.85. The number of aliphatic hydroxyl groups is 1. The SMILES string of the molecule is COc1cccc(C(O)CCC2CO2)c1. The Kier molecular flexibility index (Phi) is 3.23. The molecule has 0 radical (unpaired) electrons. The highest BCUT2D eigenvalue weighted by molar-refractivity contribution is 5.29. The molecule has 1 aliphatic heterocycles. The molecule has 1 heterocycles. The van der Waals surface area contributed by atoms with Gasteiger partial charge in [-0.1, -0.05) is 12.1 Å². The second-order valence-corrected chi connectivity index (χ2v) is 3.83. The van der Waals surface area contributed by atoms with E-state index in [2.05, 4.69) is 0 Å². The summed E-state index contributed by atoms with van der Waals surface area (Å²) in [6, 6.07) is 7.56. The van der Waals surface area contributed by atoms with Gasteiger partial charge in [-0.05, 0) is 30.5 Å². The van der Waals surface area contributed by atoms with Crippen molar-refractivity contribution in [3.8, 4) is 5.75 Å². The van der Waals surface area contributed by atoms with E-state index in [1.54, 1.807) is 7.11 Å². The first-order chi connectivity index (χ1) is 7.29. The summed E-state index contributed by atoms with van der Waals surface area (Å²) >= 11 is 0. The molecule has 82 valence electrons. The van der Waals surface area contributed by atoms with Crippen molar-refractivity contribution in [2.75, 3.05) is 13.7 Å². The number of methoxy groups -OCH3 is 1. The summed E-state index contributed by atoms with van der Waals surface area (Å²) < 4.78 is 10.2. The van der Waals surface area contributed by atoms with Gasteiger partial charge in [0.1, 0.15) is 5.75 Å². The van der Waals surface area contributed by atoms with Crippen LogP contribution in [0, 0.1) is 0 Å². The number of hydrogen-bond acceptors (Lipinski definition) is 3. The zero-order valence-electron chi connectivity index (χ0n) is 8.85. The minimum atomic E-state index is -0.413. The molecular formula is C12H16O3. The second kappa shape index (κ2) is 4.64. The van der Waals surface area contributed by atoms with Gasteiger partial charge < -0.3 is 14.6 Å². The van der Waals surface area contributed by atoms with Crippen LogP contribution in [0.2, 0.25) is 0 Å². The van der Waals surface area contributed by atoms with Gasteiger partial charge in [-0.2, -0.15) is 0 Å². The van der Waals surface area contributed by atoms with Crippen LogP contribution in [-0.2, 0) is 4.74 Å². The normalized spacial score (nSPS) is 21.1. The fourth-order valence-electron chi connectivity index (χ4n) is 1.59. The average Bonchev–Trinajstić information content (AvgIpc) is 3.10. The Morgan fingerprint density at radius 1 is 1.60 bits per heavy atom. The van der Waals surface area contributed by atoms with Crippen LogP contribution in [0.25, 0.3) is 0 Å². The first-order valence-electron chi connectivity index (χ1n) is 5.23. The summed E-state index contributed by atoms with van der Waals surface area (Å²) in [7, 11) is 1.63. The Labute approximate surface area is 89.6 Å². The van der Waals surface area contributed by atoms with Crippen molar-refractivity contribution in [3.05, 3.63) is 29.8 Å². The van der Waals surface area contributed by atoms with E-state index in [4.69, 9.17) is 9.47 Å². The van der Waals surface area contributed by atoms with Crippen molar-refractivity contribution >= 4 is 0 Å². The molecule has 1 aromatic rings. The van der Waals surface area contributed by atoms with Crippen LogP contribution in [0.3, 0.4) is 0 Å². The molecule has 1 aliphatic rings. The zero-order chi connectivity index (χ0) is 10.7. The van der Waals surface area contributed by atoms with Crippen molar-refractivity contribution < 1.29 is 14.6 Å². The molecule has 2 unspecified atom stereocenters. The Hall–Kier alpha value is -1.06. The number of epoxide rings is 1. The molecule has 1 aromatic carbocycles. The molecule has 0 aliphatic carbocycles. The highest BCUT2D eigenvalue weighted by Gasteiger charge is 2.23. The summed E-state index contributed by atoms with van der Waals surface area (Å²) in [4.78, 5) is 0. The molecule has 3 nitrogen and oxygen atoms in total. The van der Waals surface area contributed by atoms with E-state index >= 15 is 0 Å². The standard InChI is InChI=1S/C12H16O3/c1-14-10-4-2-3-9(7-10)12(13)6-5-11-8-15-11/h2-4,7,11-13H,5-6,8H2,1H3.